The molecule has 1 aromatic heterocycles. The molecular formula is C15H24N4O2S. The van der Waals surface area contributed by atoms with Gasteiger partial charge < -0.3 is 9.64 Å². The number of hydrogen-bond acceptors (Lipinski definition) is 6. The van der Waals surface area contributed by atoms with E-state index in [1.165, 1.54) is 16.4 Å². The Morgan fingerprint density at radius 2 is 2.18 bits per heavy atom. The zero-order valence-corrected chi connectivity index (χ0v) is 14.4. The zero-order chi connectivity index (χ0) is 15.7. The summed E-state index contributed by atoms with van der Waals surface area (Å²) in [4.78, 5) is 17.1. The average Bonchev–Trinajstić information content (AvgIpc) is 2.96. The van der Waals surface area contributed by atoms with Crippen molar-refractivity contribution in [1.82, 2.24) is 19.4 Å². The van der Waals surface area contributed by atoms with Crippen molar-refractivity contribution < 1.29 is 9.53 Å². The van der Waals surface area contributed by atoms with Crippen LogP contribution in [0.2, 0.25) is 0 Å². The topological polar surface area (TPSA) is 58.6 Å². The van der Waals surface area contributed by atoms with Gasteiger partial charge in [0.05, 0.1) is 17.1 Å². The van der Waals surface area contributed by atoms with E-state index < -0.39 is 0 Å². The number of hydrogen-bond donors (Lipinski definition) is 0. The van der Waals surface area contributed by atoms with E-state index in [1.54, 1.807) is 4.90 Å². The van der Waals surface area contributed by atoms with Gasteiger partial charge in [-0.15, -0.1) is 5.10 Å². The summed E-state index contributed by atoms with van der Waals surface area (Å²) < 4.78 is 9.78. The minimum atomic E-state index is -0.270. The van der Waals surface area contributed by atoms with Crippen molar-refractivity contribution in [3.63, 3.8) is 0 Å². The van der Waals surface area contributed by atoms with Gasteiger partial charge in [-0.2, -0.15) is 0 Å². The van der Waals surface area contributed by atoms with E-state index >= 15 is 0 Å². The molecule has 0 aromatic carbocycles. The summed E-state index contributed by atoms with van der Waals surface area (Å²) in [6.45, 7) is 7.94. The molecule has 0 N–H and O–H groups in total. The molecule has 0 bridgehead atoms. The standard InChI is InChI=1S/C15H24N4O2S/c1-11(2)13-12(22-17-16-13)9-19-7-4-5-15(6-8-19)10-18(3)14(20)21-15/h11H,4-10H2,1-3H3. The molecule has 2 aliphatic heterocycles. The first-order valence-electron chi connectivity index (χ1n) is 7.97. The number of likely N-dealkylation sites (tertiary alicyclic amines) is 1. The fraction of sp³-hybridized carbons (Fsp3) is 0.800. The SMILES string of the molecule is CC(C)c1nnsc1CN1CCCC2(CC1)CN(C)C(=O)O2. The molecule has 1 atom stereocenters. The van der Waals surface area contributed by atoms with Gasteiger partial charge in [-0.25, -0.2) is 4.79 Å². The van der Waals surface area contributed by atoms with Gasteiger partial charge in [0.2, 0.25) is 0 Å². The monoisotopic (exact) mass is 324 g/mol. The van der Waals surface area contributed by atoms with Crippen molar-refractivity contribution in [3.8, 4) is 0 Å². The van der Waals surface area contributed by atoms with Crippen molar-refractivity contribution in [1.29, 1.82) is 0 Å². The van der Waals surface area contributed by atoms with Crippen molar-refractivity contribution in [2.75, 3.05) is 26.7 Å². The normalized spacial score (nSPS) is 26.7. The van der Waals surface area contributed by atoms with E-state index in [-0.39, 0.29) is 11.7 Å². The molecule has 1 spiro atoms. The number of carbonyl (C=O) groups excluding carboxylic acids is 1. The second kappa shape index (κ2) is 6.12. The predicted molar refractivity (Wildman–Crippen MR) is 85.0 cm³/mol. The van der Waals surface area contributed by atoms with E-state index in [1.807, 2.05) is 7.05 Å². The van der Waals surface area contributed by atoms with Crippen LogP contribution in [0.5, 0.6) is 0 Å². The molecule has 0 aliphatic carbocycles. The van der Waals surface area contributed by atoms with E-state index in [0.717, 1.165) is 51.1 Å². The molecule has 3 heterocycles. The third-order valence-electron chi connectivity index (χ3n) is 4.63. The maximum absolute atomic E-state index is 11.7. The number of nitrogens with zero attached hydrogens (tertiary/aromatic N) is 4. The van der Waals surface area contributed by atoms with Gasteiger partial charge in [-0.05, 0) is 36.8 Å². The Hall–Kier alpha value is -1.21. The van der Waals surface area contributed by atoms with Crippen LogP contribution in [0.15, 0.2) is 0 Å². The zero-order valence-electron chi connectivity index (χ0n) is 13.5. The second-order valence-corrected chi connectivity index (χ2v) is 7.61. The number of aromatic nitrogens is 2. The molecule has 6 nitrogen and oxygen atoms in total. The lowest BCUT2D eigenvalue weighted by Crippen LogP contribution is -2.35. The van der Waals surface area contributed by atoms with Crippen LogP contribution >= 0.6 is 11.5 Å². The smallest absolute Gasteiger partial charge is 0.410 e. The highest BCUT2D eigenvalue weighted by molar-refractivity contribution is 7.05. The van der Waals surface area contributed by atoms with Crippen LogP contribution in [0.3, 0.4) is 0 Å². The molecule has 2 saturated heterocycles. The average molecular weight is 324 g/mol. The van der Waals surface area contributed by atoms with E-state index in [9.17, 15) is 4.79 Å². The molecule has 122 valence electrons. The highest BCUT2D eigenvalue weighted by atomic mass is 32.1. The molecule has 7 heteroatoms. The van der Waals surface area contributed by atoms with Crippen molar-refractivity contribution in [2.24, 2.45) is 0 Å². The number of amides is 1. The molecule has 0 saturated carbocycles. The number of likely N-dealkylation sites (N-methyl/N-ethyl adjacent to an activating group) is 1. The van der Waals surface area contributed by atoms with Crippen LogP contribution in [0, 0.1) is 0 Å². The summed E-state index contributed by atoms with van der Waals surface area (Å²) in [6, 6.07) is 0. The van der Waals surface area contributed by atoms with Gasteiger partial charge in [-0.1, -0.05) is 18.3 Å². The van der Waals surface area contributed by atoms with Gasteiger partial charge in [0.25, 0.3) is 0 Å². The molecule has 2 fully saturated rings. The Balaban J connectivity index is 1.64. The number of ether oxygens (including phenoxy) is 1. The quantitative estimate of drug-likeness (QED) is 0.855. The molecule has 3 rings (SSSR count). The lowest BCUT2D eigenvalue weighted by atomic mass is 9.95. The minimum Gasteiger partial charge on any atom is -0.441 e. The molecule has 1 aromatic rings. The lowest BCUT2D eigenvalue weighted by Gasteiger charge is -2.25. The van der Waals surface area contributed by atoms with Gasteiger partial charge in [0.1, 0.15) is 5.60 Å². The molecule has 22 heavy (non-hydrogen) atoms. The summed E-state index contributed by atoms with van der Waals surface area (Å²) >= 11 is 1.51. The fourth-order valence-corrected chi connectivity index (χ4v) is 4.24. The summed E-state index contributed by atoms with van der Waals surface area (Å²) in [5, 5.41) is 4.26. The predicted octanol–water partition coefficient (Wildman–Crippen LogP) is 2.47. The van der Waals surface area contributed by atoms with E-state index in [0.29, 0.717) is 5.92 Å². The van der Waals surface area contributed by atoms with E-state index in [2.05, 4.69) is 28.3 Å². The van der Waals surface area contributed by atoms with E-state index in [4.69, 9.17) is 4.74 Å². The summed E-state index contributed by atoms with van der Waals surface area (Å²) in [5.41, 5.74) is 0.851. The Morgan fingerprint density at radius 3 is 2.86 bits per heavy atom. The van der Waals surface area contributed by atoms with Gasteiger partial charge in [-0.3, -0.25) is 4.90 Å². The summed E-state index contributed by atoms with van der Waals surface area (Å²) in [6.07, 6.45) is 2.75. The highest BCUT2D eigenvalue weighted by Gasteiger charge is 2.44. The fourth-order valence-electron chi connectivity index (χ4n) is 3.40. The largest absolute Gasteiger partial charge is 0.441 e. The highest BCUT2D eigenvalue weighted by Crippen LogP contribution is 2.33. The van der Waals surface area contributed by atoms with Crippen LogP contribution in [0.1, 0.15) is 49.6 Å². The molecule has 1 amide bonds. The van der Waals surface area contributed by atoms with Gasteiger partial charge >= 0.3 is 6.09 Å². The Kier molecular flexibility index (Phi) is 4.36. The Bertz CT molecular complexity index is 547. The molecular weight excluding hydrogens is 300 g/mol. The van der Waals surface area contributed by atoms with Crippen LogP contribution in [0.4, 0.5) is 4.79 Å². The minimum absolute atomic E-state index is 0.179. The Labute approximate surface area is 135 Å². The van der Waals surface area contributed by atoms with Crippen molar-refractivity contribution in [3.05, 3.63) is 10.6 Å². The van der Waals surface area contributed by atoms with Crippen LogP contribution in [-0.4, -0.2) is 57.8 Å². The summed E-state index contributed by atoms with van der Waals surface area (Å²) in [7, 11) is 1.82. The molecule has 2 aliphatic rings. The first-order valence-corrected chi connectivity index (χ1v) is 8.74. The van der Waals surface area contributed by atoms with Crippen LogP contribution in [0.25, 0.3) is 0 Å². The molecule has 1 unspecified atom stereocenters. The third kappa shape index (κ3) is 3.10. The third-order valence-corrected chi connectivity index (χ3v) is 5.35. The summed E-state index contributed by atoms with van der Waals surface area (Å²) in [5.74, 6) is 0.413. The van der Waals surface area contributed by atoms with Crippen LogP contribution in [-0.2, 0) is 11.3 Å². The lowest BCUT2D eigenvalue weighted by molar-refractivity contribution is 0.0443. The Morgan fingerprint density at radius 1 is 1.36 bits per heavy atom. The number of rotatable bonds is 3. The first-order chi connectivity index (χ1) is 10.5. The van der Waals surface area contributed by atoms with Crippen molar-refractivity contribution >= 4 is 17.6 Å². The second-order valence-electron chi connectivity index (χ2n) is 6.77. The maximum atomic E-state index is 11.7. The van der Waals surface area contributed by atoms with Gasteiger partial charge in [0.15, 0.2) is 0 Å². The first kappa shape index (κ1) is 15.7. The van der Waals surface area contributed by atoms with Gasteiger partial charge in [0, 0.05) is 26.6 Å². The molecule has 0 radical (unpaired) electrons. The maximum Gasteiger partial charge on any atom is 0.410 e. The van der Waals surface area contributed by atoms with Crippen LogP contribution < -0.4 is 0 Å². The number of carbonyl (C=O) groups is 1. The van der Waals surface area contributed by atoms with Crippen molar-refractivity contribution in [2.45, 2.75) is 51.2 Å².